The van der Waals surface area contributed by atoms with E-state index >= 15 is 0 Å². The van der Waals surface area contributed by atoms with Gasteiger partial charge in [-0.05, 0) is 23.8 Å². The average molecular weight is 423 g/mol. The van der Waals surface area contributed by atoms with Crippen LogP contribution in [0.1, 0.15) is 17.2 Å². The molecule has 0 spiro atoms. The van der Waals surface area contributed by atoms with Crippen molar-refractivity contribution < 1.29 is 8.42 Å². The van der Waals surface area contributed by atoms with E-state index in [1.165, 1.54) is 4.31 Å². The first kappa shape index (κ1) is 20.4. The molecule has 1 fully saturated rings. The largest absolute Gasteiger partial charge is 0.313 e. The summed E-state index contributed by atoms with van der Waals surface area (Å²) in [6, 6.07) is 8.39. The quantitative estimate of drug-likeness (QED) is 0.821. The van der Waals surface area contributed by atoms with Gasteiger partial charge < -0.3 is 5.32 Å². The highest BCUT2D eigenvalue weighted by atomic mass is 35.5. The lowest BCUT2D eigenvalue weighted by Gasteiger charge is -2.35. The highest BCUT2D eigenvalue weighted by Crippen LogP contribution is 2.31. The normalized spacial score (nSPS) is 18.6. The van der Waals surface area contributed by atoms with E-state index in [9.17, 15) is 8.42 Å². The number of benzene rings is 1. The van der Waals surface area contributed by atoms with Crippen LogP contribution < -0.4 is 5.32 Å². The van der Waals surface area contributed by atoms with Crippen molar-refractivity contribution >= 4 is 45.6 Å². The second-order valence-corrected chi connectivity index (χ2v) is 8.31. The maximum atomic E-state index is 13.0. The summed E-state index contributed by atoms with van der Waals surface area (Å²) in [5.74, 6) is -0.220. The predicted octanol–water partition coefficient (Wildman–Crippen LogP) is 3.29. The fourth-order valence-electron chi connectivity index (χ4n) is 2.81. The number of rotatable bonds is 4. The van der Waals surface area contributed by atoms with E-state index < -0.39 is 10.0 Å². The van der Waals surface area contributed by atoms with Gasteiger partial charge in [0.1, 0.15) is 0 Å². The molecule has 5 nitrogen and oxygen atoms in total. The molecule has 1 aliphatic heterocycles. The number of pyridine rings is 1. The molecule has 1 saturated heterocycles. The summed E-state index contributed by atoms with van der Waals surface area (Å²) in [6.45, 7) is 1.54. The smallest absolute Gasteiger partial charge is 0.219 e. The van der Waals surface area contributed by atoms with Gasteiger partial charge in [-0.3, -0.25) is 4.98 Å². The molecule has 1 aromatic carbocycles. The summed E-state index contributed by atoms with van der Waals surface area (Å²) in [4.78, 5) is 4.10. The third kappa shape index (κ3) is 4.64. The molecule has 0 bridgehead atoms. The van der Waals surface area contributed by atoms with Crippen molar-refractivity contribution in [2.75, 3.05) is 19.6 Å². The first-order valence-corrected chi connectivity index (χ1v) is 9.88. The van der Waals surface area contributed by atoms with Crippen LogP contribution in [0.4, 0.5) is 0 Å². The maximum Gasteiger partial charge on any atom is 0.219 e. The predicted molar refractivity (Wildman–Crippen MR) is 103 cm³/mol. The number of nitrogens with zero attached hydrogens (tertiary/aromatic N) is 2. The zero-order valence-electron chi connectivity index (χ0n) is 13.2. The monoisotopic (exact) mass is 421 g/mol. The van der Waals surface area contributed by atoms with Crippen molar-refractivity contribution in [1.82, 2.24) is 14.6 Å². The van der Waals surface area contributed by atoms with Crippen LogP contribution in [0, 0.1) is 0 Å². The number of sulfonamides is 1. The van der Waals surface area contributed by atoms with E-state index in [0.29, 0.717) is 35.2 Å². The van der Waals surface area contributed by atoms with Gasteiger partial charge in [0, 0.05) is 47.6 Å². The molecule has 1 N–H and O–H groups in total. The minimum Gasteiger partial charge on any atom is -0.313 e. The van der Waals surface area contributed by atoms with Gasteiger partial charge in [0.25, 0.3) is 0 Å². The number of aromatic nitrogens is 1. The molecule has 136 valence electrons. The summed E-state index contributed by atoms with van der Waals surface area (Å²) in [6.07, 6.45) is 3.37. The molecule has 0 radical (unpaired) electrons. The van der Waals surface area contributed by atoms with Gasteiger partial charge in [0.05, 0.1) is 11.8 Å². The maximum absolute atomic E-state index is 13.0. The Hall–Kier alpha value is -0.890. The zero-order chi connectivity index (χ0) is 17.2. The SMILES string of the molecule is Cl.O=S(=O)(Cc1c(Cl)cccc1Cl)N1CCNCC1c1cccnc1. The van der Waals surface area contributed by atoms with E-state index in [2.05, 4.69) is 10.3 Å². The molecule has 0 amide bonds. The van der Waals surface area contributed by atoms with Gasteiger partial charge in [-0.2, -0.15) is 4.31 Å². The van der Waals surface area contributed by atoms with Gasteiger partial charge in [-0.25, -0.2) is 8.42 Å². The van der Waals surface area contributed by atoms with Crippen molar-refractivity contribution in [2.45, 2.75) is 11.8 Å². The molecule has 1 aliphatic rings. The summed E-state index contributed by atoms with van der Waals surface area (Å²) in [5.41, 5.74) is 1.29. The standard InChI is InChI=1S/C16H17Cl2N3O2S.ClH/c17-14-4-1-5-15(18)13(14)11-24(22,23)21-8-7-20-10-16(21)12-3-2-6-19-9-12;/h1-6,9,16,20H,7-8,10-11H2;1H. The zero-order valence-corrected chi connectivity index (χ0v) is 16.4. The third-order valence-corrected chi connectivity index (χ3v) is 6.52. The Kier molecular flexibility index (Phi) is 7.08. The van der Waals surface area contributed by atoms with Crippen LogP contribution in [0.25, 0.3) is 0 Å². The van der Waals surface area contributed by atoms with E-state index in [1.54, 1.807) is 36.7 Å². The molecule has 1 atom stereocenters. The molecular formula is C16H18Cl3N3O2S. The highest BCUT2D eigenvalue weighted by Gasteiger charge is 2.34. The Morgan fingerprint density at radius 2 is 1.92 bits per heavy atom. The minimum atomic E-state index is -3.58. The number of nitrogens with one attached hydrogen (secondary N) is 1. The molecule has 0 aliphatic carbocycles. The lowest BCUT2D eigenvalue weighted by molar-refractivity contribution is 0.271. The van der Waals surface area contributed by atoms with E-state index in [4.69, 9.17) is 23.2 Å². The fraction of sp³-hybridized carbons (Fsp3) is 0.312. The van der Waals surface area contributed by atoms with E-state index in [1.807, 2.05) is 6.07 Å². The summed E-state index contributed by atoms with van der Waals surface area (Å²) in [5, 5.41) is 3.96. The van der Waals surface area contributed by atoms with Crippen LogP contribution in [-0.4, -0.2) is 37.3 Å². The number of hydrogen-bond donors (Lipinski definition) is 1. The topological polar surface area (TPSA) is 62.3 Å². The summed E-state index contributed by atoms with van der Waals surface area (Å²) >= 11 is 12.3. The van der Waals surface area contributed by atoms with Gasteiger partial charge >= 0.3 is 0 Å². The molecule has 25 heavy (non-hydrogen) atoms. The minimum absolute atomic E-state index is 0. The molecular weight excluding hydrogens is 405 g/mol. The van der Waals surface area contributed by atoms with Crippen LogP contribution >= 0.6 is 35.6 Å². The Morgan fingerprint density at radius 1 is 1.20 bits per heavy atom. The van der Waals surface area contributed by atoms with Gasteiger partial charge in [0.15, 0.2) is 0 Å². The van der Waals surface area contributed by atoms with Crippen molar-refractivity contribution in [3.05, 3.63) is 63.9 Å². The molecule has 2 aromatic rings. The number of halogens is 3. The lowest BCUT2D eigenvalue weighted by Crippen LogP contribution is -2.49. The second-order valence-electron chi connectivity index (χ2n) is 5.57. The van der Waals surface area contributed by atoms with Crippen LogP contribution in [-0.2, 0) is 15.8 Å². The van der Waals surface area contributed by atoms with Crippen LogP contribution in [0.3, 0.4) is 0 Å². The van der Waals surface area contributed by atoms with Crippen molar-refractivity contribution in [2.24, 2.45) is 0 Å². The second kappa shape index (κ2) is 8.66. The number of hydrogen-bond acceptors (Lipinski definition) is 4. The van der Waals surface area contributed by atoms with Crippen LogP contribution in [0.5, 0.6) is 0 Å². The van der Waals surface area contributed by atoms with E-state index in [-0.39, 0.29) is 24.2 Å². The third-order valence-electron chi connectivity index (χ3n) is 4.01. The average Bonchev–Trinajstić information content (AvgIpc) is 2.59. The van der Waals surface area contributed by atoms with Crippen molar-refractivity contribution in [3.8, 4) is 0 Å². The van der Waals surface area contributed by atoms with Crippen molar-refractivity contribution in [1.29, 1.82) is 0 Å². The first-order chi connectivity index (χ1) is 11.5. The Labute approximate surface area is 163 Å². The molecule has 9 heteroatoms. The van der Waals surface area contributed by atoms with E-state index in [0.717, 1.165) is 5.56 Å². The van der Waals surface area contributed by atoms with Gasteiger partial charge in [-0.1, -0.05) is 35.3 Å². The summed E-state index contributed by atoms with van der Waals surface area (Å²) < 4.78 is 27.5. The molecule has 3 rings (SSSR count). The Morgan fingerprint density at radius 3 is 2.56 bits per heavy atom. The Bertz CT molecular complexity index is 798. The van der Waals surface area contributed by atoms with Crippen molar-refractivity contribution in [3.63, 3.8) is 0 Å². The molecule has 0 saturated carbocycles. The molecule has 1 aromatic heterocycles. The van der Waals surface area contributed by atoms with Crippen LogP contribution in [0.15, 0.2) is 42.7 Å². The van der Waals surface area contributed by atoms with Gasteiger partial charge in [-0.15, -0.1) is 12.4 Å². The summed E-state index contributed by atoms with van der Waals surface area (Å²) in [7, 11) is -3.58. The number of piperazine rings is 1. The Balaban J connectivity index is 0.00000225. The fourth-order valence-corrected chi connectivity index (χ4v) is 5.30. The highest BCUT2D eigenvalue weighted by molar-refractivity contribution is 7.88. The first-order valence-electron chi connectivity index (χ1n) is 7.52. The molecule has 1 unspecified atom stereocenters. The molecule has 2 heterocycles. The lowest BCUT2D eigenvalue weighted by atomic mass is 10.1. The van der Waals surface area contributed by atoms with Gasteiger partial charge in [0.2, 0.25) is 10.0 Å². The van der Waals surface area contributed by atoms with Crippen LogP contribution in [0.2, 0.25) is 10.0 Å².